The summed E-state index contributed by atoms with van der Waals surface area (Å²) in [4.78, 5) is 3.61. The van der Waals surface area contributed by atoms with Crippen LogP contribution in [0.25, 0.3) is 0 Å². The van der Waals surface area contributed by atoms with Gasteiger partial charge in [-0.15, -0.1) is 11.3 Å². The maximum atomic E-state index is 5.74. The molecule has 2 N–H and O–H groups in total. The van der Waals surface area contributed by atoms with Gasteiger partial charge in [-0.25, -0.2) is 0 Å². The lowest BCUT2D eigenvalue weighted by atomic mass is 10.1. The molecule has 0 amide bonds. The molecule has 0 saturated carbocycles. The highest BCUT2D eigenvalue weighted by atomic mass is 32.1. The molecule has 16 heavy (non-hydrogen) atoms. The lowest BCUT2D eigenvalue weighted by Gasteiger charge is -2.21. The molecule has 1 aromatic heterocycles. The van der Waals surface area contributed by atoms with Crippen LogP contribution < -0.4 is 10.6 Å². The van der Waals surface area contributed by atoms with E-state index in [0.29, 0.717) is 6.54 Å². The predicted octanol–water partition coefficient (Wildman–Crippen LogP) is 2.84. The third kappa shape index (κ3) is 2.43. The summed E-state index contributed by atoms with van der Waals surface area (Å²) in [7, 11) is 2.11. The maximum Gasteiger partial charge on any atom is 0.0519 e. The third-order valence-corrected chi connectivity index (χ3v) is 3.46. The first-order chi connectivity index (χ1) is 7.81. The highest BCUT2D eigenvalue weighted by Crippen LogP contribution is 2.21. The van der Waals surface area contributed by atoms with Crippen molar-refractivity contribution < 1.29 is 0 Å². The van der Waals surface area contributed by atoms with Crippen molar-refractivity contribution in [2.24, 2.45) is 5.73 Å². The van der Waals surface area contributed by atoms with E-state index in [2.05, 4.69) is 47.7 Å². The fourth-order valence-corrected chi connectivity index (χ4v) is 2.53. The first-order valence-electron chi connectivity index (χ1n) is 5.32. The molecule has 2 aromatic rings. The molecular formula is C13H16N2S. The Morgan fingerprint density at radius 3 is 2.69 bits per heavy atom. The Balaban J connectivity index is 2.17. The first-order valence-corrected chi connectivity index (χ1v) is 6.20. The zero-order valence-corrected chi connectivity index (χ0v) is 10.2. The second-order valence-corrected chi connectivity index (χ2v) is 4.80. The summed E-state index contributed by atoms with van der Waals surface area (Å²) in [6.45, 7) is 1.53. The molecule has 2 nitrogen and oxygen atoms in total. The Labute approximate surface area is 100 Å². The van der Waals surface area contributed by atoms with Gasteiger partial charge in [-0.2, -0.15) is 0 Å². The van der Waals surface area contributed by atoms with Crippen LogP contribution in [0, 0.1) is 0 Å². The Hall–Kier alpha value is -1.32. The number of nitrogens with zero attached hydrogens (tertiary/aromatic N) is 1. The van der Waals surface area contributed by atoms with Crippen molar-refractivity contribution in [1.29, 1.82) is 0 Å². The number of benzene rings is 1. The summed E-state index contributed by atoms with van der Waals surface area (Å²) in [6, 6.07) is 12.5. The largest absolute Gasteiger partial charge is 0.369 e. The Kier molecular flexibility index (Phi) is 3.59. The van der Waals surface area contributed by atoms with E-state index < -0.39 is 0 Å². The quantitative estimate of drug-likeness (QED) is 0.878. The molecule has 0 fully saturated rings. The summed E-state index contributed by atoms with van der Waals surface area (Å²) < 4.78 is 0. The lowest BCUT2D eigenvalue weighted by Crippen LogP contribution is -2.18. The summed E-state index contributed by atoms with van der Waals surface area (Å²) >= 11 is 1.79. The second kappa shape index (κ2) is 5.14. The molecule has 0 unspecified atom stereocenters. The van der Waals surface area contributed by atoms with Crippen molar-refractivity contribution in [2.45, 2.75) is 13.1 Å². The Bertz CT molecular complexity index is 437. The van der Waals surface area contributed by atoms with Crippen LogP contribution in [0.15, 0.2) is 41.8 Å². The molecular weight excluding hydrogens is 216 g/mol. The summed E-state index contributed by atoms with van der Waals surface area (Å²) in [5.41, 5.74) is 8.15. The number of anilines is 1. The van der Waals surface area contributed by atoms with E-state index in [-0.39, 0.29) is 0 Å². The summed E-state index contributed by atoms with van der Waals surface area (Å²) in [5, 5.41) is 2.11. The van der Waals surface area contributed by atoms with E-state index >= 15 is 0 Å². The molecule has 84 valence electrons. The molecule has 0 aliphatic heterocycles. The normalized spacial score (nSPS) is 10.4. The molecule has 0 atom stereocenters. The topological polar surface area (TPSA) is 29.3 Å². The van der Waals surface area contributed by atoms with Crippen molar-refractivity contribution in [3.05, 3.63) is 52.2 Å². The Morgan fingerprint density at radius 2 is 2.00 bits per heavy atom. The lowest BCUT2D eigenvalue weighted by molar-refractivity contribution is 0.918. The molecule has 1 heterocycles. The average Bonchev–Trinajstić information content (AvgIpc) is 2.81. The van der Waals surface area contributed by atoms with Crippen LogP contribution in [0.4, 0.5) is 5.69 Å². The van der Waals surface area contributed by atoms with Gasteiger partial charge in [0.25, 0.3) is 0 Å². The smallest absolute Gasteiger partial charge is 0.0519 e. The maximum absolute atomic E-state index is 5.74. The zero-order valence-electron chi connectivity index (χ0n) is 9.39. The van der Waals surface area contributed by atoms with Gasteiger partial charge in [0, 0.05) is 24.2 Å². The van der Waals surface area contributed by atoms with Gasteiger partial charge in [-0.05, 0) is 23.1 Å². The third-order valence-electron chi connectivity index (χ3n) is 2.60. The van der Waals surface area contributed by atoms with Crippen LogP contribution >= 0.6 is 11.3 Å². The van der Waals surface area contributed by atoms with E-state index in [4.69, 9.17) is 5.73 Å². The number of hydrogen-bond donors (Lipinski definition) is 1. The fourth-order valence-electron chi connectivity index (χ4n) is 1.78. The first kappa shape index (κ1) is 11.2. The molecule has 2 rings (SSSR count). The molecule has 0 aliphatic carbocycles. The number of rotatable bonds is 4. The van der Waals surface area contributed by atoms with E-state index in [9.17, 15) is 0 Å². The average molecular weight is 232 g/mol. The highest BCUT2D eigenvalue weighted by Gasteiger charge is 2.06. The van der Waals surface area contributed by atoms with Gasteiger partial charge in [0.1, 0.15) is 0 Å². The summed E-state index contributed by atoms with van der Waals surface area (Å²) in [5.74, 6) is 0. The standard InChI is InChI=1S/C13H16N2S/c1-15(10-12-6-4-8-16-12)13-7-3-2-5-11(13)9-14/h2-8H,9-10,14H2,1H3. The van der Waals surface area contributed by atoms with Crippen LogP contribution in [-0.2, 0) is 13.1 Å². The van der Waals surface area contributed by atoms with Gasteiger partial charge in [-0.3, -0.25) is 0 Å². The van der Waals surface area contributed by atoms with Gasteiger partial charge < -0.3 is 10.6 Å². The fraction of sp³-hybridized carbons (Fsp3) is 0.231. The van der Waals surface area contributed by atoms with Crippen molar-refractivity contribution in [3.63, 3.8) is 0 Å². The van der Waals surface area contributed by atoms with Gasteiger partial charge in [0.15, 0.2) is 0 Å². The van der Waals surface area contributed by atoms with E-state index in [0.717, 1.165) is 6.54 Å². The number of para-hydroxylation sites is 1. The molecule has 1 aromatic carbocycles. The number of hydrogen-bond acceptors (Lipinski definition) is 3. The molecule has 0 bridgehead atoms. The van der Waals surface area contributed by atoms with Crippen LogP contribution in [0.1, 0.15) is 10.4 Å². The SMILES string of the molecule is CN(Cc1cccs1)c1ccccc1CN. The minimum atomic E-state index is 0.588. The van der Waals surface area contributed by atoms with E-state index in [1.54, 1.807) is 11.3 Å². The number of nitrogens with two attached hydrogens (primary N) is 1. The zero-order chi connectivity index (χ0) is 11.4. The molecule has 0 aliphatic rings. The Morgan fingerprint density at radius 1 is 1.19 bits per heavy atom. The predicted molar refractivity (Wildman–Crippen MR) is 70.8 cm³/mol. The van der Waals surface area contributed by atoms with E-state index in [1.165, 1.54) is 16.1 Å². The van der Waals surface area contributed by atoms with Crippen molar-refractivity contribution >= 4 is 17.0 Å². The van der Waals surface area contributed by atoms with Crippen molar-refractivity contribution in [3.8, 4) is 0 Å². The van der Waals surface area contributed by atoms with E-state index in [1.807, 2.05) is 6.07 Å². The van der Waals surface area contributed by atoms with Crippen LogP contribution in [0.5, 0.6) is 0 Å². The minimum Gasteiger partial charge on any atom is -0.369 e. The molecule has 3 heteroatoms. The highest BCUT2D eigenvalue weighted by molar-refractivity contribution is 7.09. The monoisotopic (exact) mass is 232 g/mol. The van der Waals surface area contributed by atoms with Gasteiger partial charge in [0.05, 0.1) is 6.54 Å². The van der Waals surface area contributed by atoms with Crippen molar-refractivity contribution in [2.75, 3.05) is 11.9 Å². The van der Waals surface area contributed by atoms with Crippen LogP contribution in [0.2, 0.25) is 0 Å². The second-order valence-electron chi connectivity index (χ2n) is 3.77. The minimum absolute atomic E-state index is 0.588. The molecule has 0 saturated heterocycles. The van der Waals surface area contributed by atoms with Gasteiger partial charge in [0.2, 0.25) is 0 Å². The van der Waals surface area contributed by atoms with Gasteiger partial charge >= 0.3 is 0 Å². The van der Waals surface area contributed by atoms with Crippen molar-refractivity contribution in [1.82, 2.24) is 0 Å². The van der Waals surface area contributed by atoms with Crippen LogP contribution in [-0.4, -0.2) is 7.05 Å². The van der Waals surface area contributed by atoms with Gasteiger partial charge in [-0.1, -0.05) is 24.3 Å². The summed E-state index contributed by atoms with van der Waals surface area (Å²) in [6.07, 6.45) is 0. The molecule has 0 spiro atoms. The number of thiophene rings is 1. The van der Waals surface area contributed by atoms with Crippen LogP contribution in [0.3, 0.4) is 0 Å². The molecule has 0 radical (unpaired) electrons.